The van der Waals surface area contributed by atoms with Gasteiger partial charge < -0.3 is 19.1 Å². The average Bonchev–Trinajstić information content (AvgIpc) is 3.40. The molecule has 0 amide bonds. The summed E-state index contributed by atoms with van der Waals surface area (Å²) in [6, 6.07) is 5.21. The quantitative estimate of drug-likeness (QED) is 0.670. The molecule has 1 unspecified atom stereocenters. The maximum atomic E-state index is 15.2. The number of phenols is 1. The zero-order valence-electron chi connectivity index (χ0n) is 17.3. The van der Waals surface area contributed by atoms with Gasteiger partial charge in [-0.1, -0.05) is 12.0 Å². The molecule has 31 heavy (non-hydrogen) atoms. The molecule has 0 spiro atoms. The van der Waals surface area contributed by atoms with Crippen molar-refractivity contribution in [3.63, 3.8) is 0 Å². The number of rotatable bonds is 5. The van der Waals surface area contributed by atoms with E-state index in [1.807, 2.05) is 13.0 Å². The van der Waals surface area contributed by atoms with Crippen LogP contribution < -0.4 is 4.74 Å². The van der Waals surface area contributed by atoms with Gasteiger partial charge in [-0.2, -0.15) is 0 Å². The van der Waals surface area contributed by atoms with Gasteiger partial charge in [0.15, 0.2) is 0 Å². The van der Waals surface area contributed by atoms with E-state index >= 15 is 4.39 Å². The smallest absolute Gasteiger partial charge is 0.336 e. The van der Waals surface area contributed by atoms with Crippen molar-refractivity contribution in [1.82, 2.24) is 24.7 Å². The molecule has 0 radical (unpaired) electrons. The summed E-state index contributed by atoms with van der Waals surface area (Å²) in [7, 11) is 1.68. The minimum absolute atomic E-state index is 0.0322. The number of aromatic hydroxyl groups is 1. The maximum absolute atomic E-state index is 15.2. The molecule has 5 atom stereocenters. The Morgan fingerprint density at radius 3 is 2.77 bits per heavy atom. The van der Waals surface area contributed by atoms with Crippen molar-refractivity contribution in [2.75, 3.05) is 7.11 Å². The first-order chi connectivity index (χ1) is 15.0. The lowest BCUT2D eigenvalue weighted by atomic mass is 9.74. The highest BCUT2D eigenvalue weighted by Crippen LogP contribution is 2.53. The third-order valence-electron chi connectivity index (χ3n) is 6.61. The monoisotopic (exact) mass is 425 g/mol. The largest absolute Gasteiger partial charge is 0.507 e. The second-order valence-electron chi connectivity index (χ2n) is 8.69. The number of imidazole rings is 1. The molecule has 2 bridgehead atoms. The average molecular weight is 425 g/mol. The summed E-state index contributed by atoms with van der Waals surface area (Å²) in [5.74, 6) is 0.312. The molecule has 5 rings (SSSR count). The molecule has 162 valence electrons. The van der Waals surface area contributed by atoms with Crippen LogP contribution in [0.15, 0.2) is 43.1 Å². The molecular formula is C22H24FN5O3. The Kier molecular flexibility index (Phi) is 4.85. The molecule has 0 saturated heterocycles. The fourth-order valence-corrected chi connectivity index (χ4v) is 5.04. The normalized spacial score (nSPS) is 29.8. The van der Waals surface area contributed by atoms with Crippen molar-refractivity contribution < 1.29 is 19.0 Å². The molecule has 1 N–H and O–H groups in total. The molecule has 0 aliphatic heterocycles. The lowest BCUT2D eigenvalue weighted by Crippen LogP contribution is -2.44. The van der Waals surface area contributed by atoms with Crippen LogP contribution in [0.3, 0.4) is 0 Å². The van der Waals surface area contributed by atoms with E-state index in [4.69, 9.17) is 9.47 Å². The summed E-state index contributed by atoms with van der Waals surface area (Å²) in [6.45, 7) is 1.96. The number of nitrogens with zero attached hydrogens (tertiary/aromatic N) is 5. The van der Waals surface area contributed by atoms with Gasteiger partial charge in [-0.05, 0) is 37.3 Å². The predicted molar refractivity (Wildman–Crippen MR) is 110 cm³/mol. The summed E-state index contributed by atoms with van der Waals surface area (Å²) in [6.07, 6.45) is 6.95. The van der Waals surface area contributed by atoms with Crippen LogP contribution in [0, 0.1) is 11.3 Å². The Hall–Kier alpha value is -3.07. The van der Waals surface area contributed by atoms with E-state index in [0.717, 1.165) is 12.1 Å². The lowest BCUT2D eigenvalue weighted by molar-refractivity contribution is -0.0263. The zero-order chi connectivity index (χ0) is 21.6. The molecular weight excluding hydrogens is 401 g/mol. The van der Waals surface area contributed by atoms with E-state index in [9.17, 15) is 5.11 Å². The number of alkyl halides is 1. The van der Waals surface area contributed by atoms with E-state index in [1.165, 1.54) is 6.20 Å². The first kappa shape index (κ1) is 19.9. The molecule has 2 aliphatic rings. The summed E-state index contributed by atoms with van der Waals surface area (Å²) < 4.78 is 28.3. The van der Waals surface area contributed by atoms with Gasteiger partial charge in [0.05, 0.1) is 24.3 Å². The molecule has 2 fully saturated rings. The highest BCUT2D eigenvalue weighted by Gasteiger charge is 2.56. The lowest BCUT2D eigenvalue weighted by Gasteiger charge is -2.37. The van der Waals surface area contributed by atoms with Crippen molar-refractivity contribution in [3.05, 3.63) is 43.1 Å². The van der Waals surface area contributed by atoms with E-state index < -0.39 is 17.7 Å². The number of hydrogen-bond donors (Lipinski definition) is 1. The second-order valence-corrected chi connectivity index (χ2v) is 8.69. The van der Waals surface area contributed by atoms with Crippen molar-refractivity contribution in [1.29, 1.82) is 0 Å². The van der Waals surface area contributed by atoms with Crippen LogP contribution >= 0.6 is 0 Å². The van der Waals surface area contributed by atoms with Crippen LogP contribution in [0.4, 0.5) is 4.39 Å². The first-order valence-electron chi connectivity index (χ1n) is 10.3. The maximum Gasteiger partial charge on any atom is 0.336 e. The zero-order valence-corrected chi connectivity index (χ0v) is 17.3. The standard InChI is InChI=1S/C22H24FN5O3/c1-22-9-13(19(10-22)30-2)7-18(20(22)23)31-21-25-11-16(26-27-21)15-4-3-14(8-17(15)29)28-6-5-24-12-28/h3-6,8,11-13,18-20,29H,7,9-10H2,1-2H3/t13?,18-,19-,20+,22+/m1/s1. The second kappa shape index (κ2) is 7.56. The Morgan fingerprint density at radius 1 is 1.23 bits per heavy atom. The van der Waals surface area contributed by atoms with Gasteiger partial charge >= 0.3 is 6.01 Å². The number of fused-ring (bicyclic) bond motifs is 2. The summed E-state index contributed by atoms with van der Waals surface area (Å²) >= 11 is 0. The Labute approximate surface area is 179 Å². The highest BCUT2D eigenvalue weighted by atomic mass is 19.1. The molecule has 2 saturated carbocycles. The van der Waals surface area contributed by atoms with E-state index in [1.54, 1.807) is 42.5 Å². The van der Waals surface area contributed by atoms with Crippen LogP contribution in [-0.2, 0) is 4.74 Å². The van der Waals surface area contributed by atoms with Crippen LogP contribution in [0.2, 0.25) is 0 Å². The van der Waals surface area contributed by atoms with Crippen molar-refractivity contribution in [3.8, 4) is 28.7 Å². The third kappa shape index (κ3) is 3.52. The topological polar surface area (TPSA) is 95.2 Å². The van der Waals surface area contributed by atoms with Crippen LogP contribution in [0.5, 0.6) is 11.8 Å². The fourth-order valence-electron chi connectivity index (χ4n) is 5.04. The number of benzene rings is 1. The van der Waals surface area contributed by atoms with Crippen LogP contribution in [0.1, 0.15) is 26.2 Å². The highest BCUT2D eigenvalue weighted by molar-refractivity contribution is 5.67. The number of methoxy groups -OCH3 is 1. The van der Waals surface area contributed by atoms with Crippen molar-refractivity contribution in [2.45, 2.75) is 44.6 Å². The minimum Gasteiger partial charge on any atom is -0.507 e. The summed E-state index contributed by atoms with van der Waals surface area (Å²) in [4.78, 5) is 8.21. The Morgan fingerprint density at radius 2 is 2.10 bits per heavy atom. The van der Waals surface area contributed by atoms with Gasteiger partial charge in [0.1, 0.15) is 23.7 Å². The molecule has 2 aliphatic carbocycles. The molecule has 8 nitrogen and oxygen atoms in total. The van der Waals surface area contributed by atoms with Crippen molar-refractivity contribution >= 4 is 0 Å². The molecule has 1 aromatic carbocycles. The number of aromatic nitrogens is 5. The predicted octanol–water partition coefficient (Wildman–Crippen LogP) is 3.35. The molecule has 9 heteroatoms. The number of ether oxygens (including phenoxy) is 2. The number of phenolic OH excluding ortho intramolecular Hbond substituents is 1. The Bertz CT molecular complexity index is 1060. The molecule has 3 aromatic rings. The summed E-state index contributed by atoms with van der Waals surface area (Å²) in [5, 5.41) is 18.6. The first-order valence-corrected chi connectivity index (χ1v) is 10.3. The van der Waals surface area contributed by atoms with Crippen LogP contribution in [-0.4, -0.2) is 55.3 Å². The van der Waals surface area contributed by atoms with Crippen molar-refractivity contribution in [2.24, 2.45) is 11.3 Å². The van der Waals surface area contributed by atoms with Gasteiger partial charge in [0, 0.05) is 36.5 Å². The van der Waals surface area contributed by atoms with Crippen LogP contribution in [0.25, 0.3) is 16.9 Å². The van der Waals surface area contributed by atoms with E-state index in [2.05, 4.69) is 20.2 Å². The third-order valence-corrected chi connectivity index (χ3v) is 6.61. The number of halogens is 1. The van der Waals surface area contributed by atoms with Gasteiger partial charge in [0.25, 0.3) is 0 Å². The van der Waals surface area contributed by atoms with Gasteiger partial charge in [-0.3, -0.25) is 0 Å². The molecule has 2 heterocycles. The van der Waals surface area contributed by atoms with E-state index in [0.29, 0.717) is 24.1 Å². The van der Waals surface area contributed by atoms with Gasteiger partial charge in [-0.15, -0.1) is 5.10 Å². The fraction of sp³-hybridized carbons (Fsp3) is 0.455. The van der Waals surface area contributed by atoms with Gasteiger partial charge in [0.2, 0.25) is 0 Å². The Balaban J connectivity index is 1.32. The molecule has 2 aromatic heterocycles. The minimum atomic E-state index is -1.12. The SMILES string of the molecule is CO[C@@H]1C[C@]2(C)CC1C[C@@H](Oc1ncc(-c3ccc(-n4ccnc4)cc3O)nn1)[C@@H]2F. The van der Waals surface area contributed by atoms with Gasteiger partial charge in [-0.25, -0.2) is 14.4 Å². The van der Waals surface area contributed by atoms with E-state index in [-0.39, 0.29) is 23.8 Å². The number of hydrogen-bond acceptors (Lipinski definition) is 7. The summed E-state index contributed by atoms with van der Waals surface area (Å²) in [5.41, 5.74) is 1.20.